The van der Waals surface area contributed by atoms with Crippen molar-refractivity contribution in [3.63, 3.8) is 0 Å². The standard InChI is InChI=1S/C12H20BrN3O/c1-17-12-3-2-11(13)8-10(12)9-16(6-4-14)7-5-15/h2-3,8H,4-7,9,14-15H2,1H3. The Labute approximate surface area is 111 Å². The molecule has 0 radical (unpaired) electrons. The molecular weight excluding hydrogens is 282 g/mol. The summed E-state index contributed by atoms with van der Waals surface area (Å²) in [6.45, 7) is 3.75. The molecule has 0 aromatic heterocycles. The van der Waals surface area contributed by atoms with Crippen LogP contribution in [0.25, 0.3) is 0 Å². The van der Waals surface area contributed by atoms with E-state index in [0.717, 1.165) is 35.4 Å². The predicted octanol–water partition coefficient (Wildman–Crippen LogP) is 1.18. The van der Waals surface area contributed by atoms with E-state index in [0.29, 0.717) is 13.1 Å². The highest BCUT2D eigenvalue weighted by molar-refractivity contribution is 9.10. The smallest absolute Gasteiger partial charge is 0.123 e. The van der Waals surface area contributed by atoms with Crippen LogP contribution in [0.1, 0.15) is 5.56 Å². The number of rotatable bonds is 7. The highest BCUT2D eigenvalue weighted by Gasteiger charge is 2.09. The number of hydrogen-bond donors (Lipinski definition) is 2. The fourth-order valence-electron chi connectivity index (χ4n) is 1.75. The van der Waals surface area contributed by atoms with Crippen LogP contribution in [-0.4, -0.2) is 38.2 Å². The van der Waals surface area contributed by atoms with Crippen LogP contribution in [0.5, 0.6) is 5.75 Å². The van der Waals surface area contributed by atoms with Crippen molar-refractivity contribution in [2.75, 3.05) is 33.3 Å². The molecule has 5 heteroatoms. The molecule has 0 aliphatic rings. The average molecular weight is 302 g/mol. The summed E-state index contributed by atoms with van der Waals surface area (Å²) in [4.78, 5) is 2.23. The van der Waals surface area contributed by atoms with Crippen molar-refractivity contribution in [1.82, 2.24) is 4.90 Å². The van der Waals surface area contributed by atoms with E-state index in [1.165, 1.54) is 0 Å². The Balaban J connectivity index is 2.79. The fraction of sp³-hybridized carbons (Fsp3) is 0.500. The van der Waals surface area contributed by atoms with Crippen molar-refractivity contribution < 1.29 is 4.74 Å². The van der Waals surface area contributed by atoms with Gasteiger partial charge in [-0.25, -0.2) is 0 Å². The number of benzene rings is 1. The molecule has 0 atom stereocenters. The Kier molecular flexibility index (Phi) is 6.50. The first-order chi connectivity index (χ1) is 8.21. The molecule has 4 nitrogen and oxygen atoms in total. The van der Waals surface area contributed by atoms with Crippen LogP contribution in [0.4, 0.5) is 0 Å². The van der Waals surface area contributed by atoms with Crippen LogP contribution in [-0.2, 0) is 6.54 Å². The van der Waals surface area contributed by atoms with E-state index in [1.807, 2.05) is 12.1 Å². The van der Waals surface area contributed by atoms with Gasteiger partial charge in [0.05, 0.1) is 7.11 Å². The normalized spacial score (nSPS) is 10.9. The Morgan fingerprint density at radius 3 is 2.41 bits per heavy atom. The summed E-state index contributed by atoms with van der Waals surface area (Å²) < 4.78 is 6.40. The zero-order valence-electron chi connectivity index (χ0n) is 10.2. The first kappa shape index (κ1) is 14.4. The first-order valence-electron chi connectivity index (χ1n) is 5.66. The van der Waals surface area contributed by atoms with E-state index in [9.17, 15) is 0 Å². The monoisotopic (exact) mass is 301 g/mol. The van der Waals surface area contributed by atoms with Crippen molar-refractivity contribution in [1.29, 1.82) is 0 Å². The molecule has 0 heterocycles. The number of methoxy groups -OCH3 is 1. The molecule has 1 aromatic rings. The van der Waals surface area contributed by atoms with Crippen molar-refractivity contribution in [3.05, 3.63) is 28.2 Å². The van der Waals surface area contributed by atoms with E-state index >= 15 is 0 Å². The van der Waals surface area contributed by atoms with Crippen molar-refractivity contribution in [2.45, 2.75) is 6.54 Å². The van der Waals surface area contributed by atoms with Crippen molar-refractivity contribution >= 4 is 15.9 Å². The lowest BCUT2D eigenvalue weighted by atomic mass is 10.2. The SMILES string of the molecule is COc1ccc(Br)cc1CN(CCN)CCN. The molecule has 0 saturated carbocycles. The van der Waals surface area contributed by atoms with Crippen molar-refractivity contribution in [3.8, 4) is 5.75 Å². The summed E-state index contributed by atoms with van der Waals surface area (Å²) in [7, 11) is 1.68. The summed E-state index contributed by atoms with van der Waals surface area (Å²) in [6.07, 6.45) is 0. The van der Waals surface area contributed by atoms with Crippen LogP contribution in [0.3, 0.4) is 0 Å². The van der Waals surface area contributed by atoms with Crippen LogP contribution in [0, 0.1) is 0 Å². The molecule has 4 N–H and O–H groups in total. The third-order valence-electron chi connectivity index (χ3n) is 2.53. The third-order valence-corrected chi connectivity index (χ3v) is 3.02. The van der Waals surface area contributed by atoms with E-state index in [-0.39, 0.29) is 0 Å². The lowest BCUT2D eigenvalue weighted by molar-refractivity contribution is 0.275. The average Bonchev–Trinajstić information content (AvgIpc) is 2.30. The minimum absolute atomic E-state index is 0.635. The van der Waals surface area contributed by atoms with Gasteiger partial charge in [-0.2, -0.15) is 0 Å². The van der Waals surface area contributed by atoms with Gasteiger partial charge in [-0.1, -0.05) is 15.9 Å². The Hall–Kier alpha value is -0.620. The molecule has 0 bridgehead atoms. The van der Waals surface area contributed by atoms with E-state index in [4.69, 9.17) is 16.2 Å². The molecule has 17 heavy (non-hydrogen) atoms. The summed E-state index contributed by atoms with van der Waals surface area (Å²) >= 11 is 3.47. The Bertz CT molecular complexity index is 341. The minimum Gasteiger partial charge on any atom is -0.496 e. The Morgan fingerprint density at radius 2 is 1.88 bits per heavy atom. The molecular formula is C12H20BrN3O. The fourth-order valence-corrected chi connectivity index (χ4v) is 2.16. The first-order valence-corrected chi connectivity index (χ1v) is 6.45. The van der Waals surface area contributed by atoms with Crippen LogP contribution >= 0.6 is 15.9 Å². The highest BCUT2D eigenvalue weighted by atomic mass is 79.9. The number of ether oxygens (including phenoxy) is 1. The summed E-state index contributed by atoms with van der Waals surface area (Å²) in [5, 5.41) is 0. The topological polar surface area (TPSA) is 64.5 Å². The molecule has 0 aliphatic heterocycles. The molecule has 0 saturated heterocycles. The molecule has 0 spiro atoms. The zero-order chi connectivity index (χ0) is 12.7. The Morgan fingerprint density at radius 1 is 1.24 bits per heavy atom. The number of halogens is 1. The molecule has 0 unspecified atom stereocenters. The van der Waals surface area contributed by atoms with E-state index in [1.54, 1.807) is 7.11 Å². The quantitative estimate of drug-likeness (QED) is 0.794. The summed E-state index contributed by atoms with van der Waals surface area (Å²) in [5.41, 5.74) is 12.3. The van der Waals surface area contributed by atoms with Crippen LogP contribution in [0.15, 0.2) is 22.7 Å². The second-order valence-corrected chi connectivity index (χ2v) is 4.73. The zero-order valence-corrected chi connectivity index (χ0v) is 11.7. The summed E-state index contributed by atoms with van der Waals surface area (Å²) in [5.74, 6) is 0.896. The number of nitrogens with zero attached hydrogens (tertiary/aromatic N) is 1. The van der Waals surface area contributed by atoms with E-state index in [2.05, 4.69) is 26.9 Å². The van der Waals surface area contributed by atoms with Crippen LogP contribution < -0.4 is 16.2 Å². The lowest BCUT2D eigenvalue weighted by Crippen LogP contribution is -2.33. The van der Waals surface area contributed by atoms with Gasteiger partial charge in [0.25, 0.3) is 0 Å². The van der Waals surface area contributed by atoms with Gasteiger partial charge >= 0.3 is 0 Å². The highest BCUT2D eigenvalue weighted by Crippen LogP contribution is 2.24. The molecule has 1 rings (SSSR count). The van der Waals surface area contributed by atoms with Crippen LogP contribution in [0.2, 0.25) is 0 Å². The summed E-state index contributed by atoms with van der Waals surface area (Å²) in [6, 6.07) is 6.00. The maximum atomic E-state index is 5.59. The molecule has 0 amide bonds. The predicted molar refractivity (Wildman–Crippen MR) is 74.1 cm³/mol. The van der Waals surface area contributed by atoms with E-state index < -0.39 is 0 Å². The second-order valence-electron chi connectivity index (χ2n) is 3.81. The number of hydrogen-bond acceptors (Lipinski definition) is 4. The lowest BCUT2D eigenvalue weighted by Gasteiger charge is -2.22. The molecule has 1 aromatic carbocycles. The van der Waals surface area contributed by atoms with Crippen molar-refractivity contribution in [2.24, 2.45) is 11.5 Å². The molecule has 0 fully saturated rings. The van der Waals surface area contributed by atoms with Gasteiger partial charge in [0.15, 0.2) is 0 Å². The molecule has 0 aliphatic carbocycles. The second kappa shape index (κ2) is 7.66. The van der Waals surface area contributed by atoms with Gasteiger partial charge in [0, 0.05) is 42.8 Å². The molecule has 96 valence electrons. The largest absolute Gasteiger partial charge is 0.496 e. The third kappa shape index (κ3) is 4.63. The maximum absolute atomic E-state index is 5.59. The minimum atomic E-state index is 0.635. The van der Waals surface area contributed by atoms with Gasteiger partial charge in [-0.05, 0) is 18.2 Å². The number of nitrogens with two attached hydrogens (primary N) is 2. The van der Waals surface area contributed by atoms with Gasteiger partial charge in [-0.15, -0.1) is 0 Å². The van der Waals surface area contributed by atoms with Gasteiger partial charge < -0.3 is 16.2 Å². The van der Waals surface area contributed by atoms with Gasteiger partial charge in [-0.3, -0.25) is 4.90 Å². The maximum Gasteiger partial charge on any atom is 0.123 e. The van der Waals surface area contributed by atoms with Gasteiger partial charge in [0.1, 0.15) is 5.75 Å². The van der Waals surface area contributed by atoms with Gasteiger partial charge in [0.2, 0.25) is 0 Å².